The van der Waals surface area contributed by atoms with Crippen LogP contribution in [0.4, 0.5) is 5.69 Å². The third kappa shape index (κ3) is 4.45. The first-order valence-corrected chi connectivity index (χ1v) is 9.98. The SMILES string of the molecule is C[C@H]1Oc2ccccc2O[C@H]1C(=O)NCc1cccc(NS(C)(=O)=O)c1. The Kier molecular flexibility index (Phi) is 5.03. The lowest BCUT2D eigenvalue weighted by atomic mass is 10.1. The van der Waals surface area contributed by atoms with Crippen LogP contribution in [0.2, 0.25) is 0 Å². The molecule has 1 heterocycles. The van der Waals surface area contributed by atoms with Gasteiger partial charge in [-0.1, -0.05) is 24.3 Å². The van der Waals surface area contributed by atoms with Crippen molar-refractivity contribution >= 4 is 21.6 Å². The number of hydrogen-bond donors (Lipinski definition) is 2. The van der Waals surface area contributed by atoms with Gasteiger partial charge in [0.1, 0.15) is 6.10 Å². The van der Waals surface area contributed by atoms with E-state index in [1.165, 1.54) is 0 Å². The predicted molar refractivity (Wildman–Crippen MR) is 97.7 cm³/mol. The minimum atomic E-state index is -3.35. The number of rotatable bonds is 5. The molecule has 1 aliphatic heterocycles. The zero-order valence-electron chi connectivity index (χ0n) is 14.4. The summed E-state index contributed by atoms with van der Waals surface area (Å²) in [7, 11) is -3.35. The van der Waals surface area contributed by atoms with Gasteiger partial charge in [0.05, 0.1) is 6.26 Å². The summed E-state index contributed by atoms with van der Waals surface area (Å²) in [6.45, 7) is 2.02. The van der Waals surface area contributed by atoms with E-state index in [4.69, 9.17) is 9.47 Å². The third-order valence-corrected chi connectivity index (χ3v) is 4.40. The van der Waals surface area contributed by atoms with Gasteiger partial charge in [-0.2, -0.15) is 0 Å². The van der Waals surface area contributed by atoms with Crippen molar-refractivity contribution in [3.05, 3.63) is 54.1 Å². The van der Waals surface area contributed by atoms with E-state index >= 15 is 0 Å². The number of sulfonamides is 1. The van der Waals surface area contributed by atoms with Gasteiger partial charge in [-0.05, 0) is 36.8 Å². The fourth-order valence-electron chi connectivity index (χ4n) is 2.65. The number of nitrogens with one attached hydrogen (secondary N) is 2. The quantitative estimate of drug-likeness (QED) is 0.831. The van der Waals surface area contributed by atoms with E-state index in [2.05, 4.69) is 10.0 Å². The molecule has 0 aliphatic carbocycles. The standard InChI is InChI=1S/C18H20N2O5S/c1-12-17(25-16-9-4-3-8-15(16)24-12)18(21)19-11-13-6-5-7-14(10-13)20-26(2,22)23/h3-10,12,17,20H,11H2,1-2H3,(H,19,21)/t12-,17-/m1/s1. The lowest BCUT2D eigenvalue weighted by Gasteiger charge is -2.31. The van der Waals surface area contributed by atoms with Crippen molar-refractivity contribution in [3.8, 4) is 11.5 Å². The number of ether oxygens (including phenoxy) is 2. The number of carbonyl (C=O) groups excluding carboxylic acids is 1. The summed E-state index contributed by atoms with van der Waals surface area (Å²) in [4.78, 5) is 12.5. The lowest BCUT2D eigenvalue weighted by Crippen LogP contribution is -2.48. The number of anilines is 1. The Hall–Kier alpha value is -2.74. The first-order chi connectivity index (χ1) is 12.3. The van der Waals surface area contributed by atoms with Gasteiger partial charge in [0, 0.05) is 12.2 Å². The van der Waals surface area contributed by atoms with Crippen LogP contribution in [-0.4, -0.2) is 32.8 Å². The molecule has 0 saturated carbocycles. The molecule has 2 atom stereocenters. The topological polar surface area (TPSA) is 93.7 Å². The molecule has 1 aliphatic rings. The van der Waals surface area contributed by atoms with Crippen LogP contribution in [0.1, 0.15) is 12.5 Å². The van der Waals surface area contributed by atoms with Crippen molar-refractivity contribution in [2.45, 2.75) is 25.7 Å². The van der Waals surface area contributed by atoms with Crippen LogP contribution in [-0.2, 0) is 21.4 Å². The number of amides is 1. The second kappa shape index (κ2) is 7.25. The fourth-order valence-corrected chi connectivity index (χ4v) is 3.21. The highest BCUT2D eigenvalue weighted by molar-refractivity contribution is 7.92. The maximum atomic E-state index is 12.5. The molecule has 0 unspecified atom stereocenters. The number of hydrogen-bond acceptors (Lipinski definition) is 5. The van der Waals surface area contributed by atoms with Crippen LogP contribution >= 0.6 is 0 Å². The molecule has 0 saturated heterocycles. The van der Waals surface area contributed by atoms with Crippen LogP contribution in [0.25, 0.3) is 0 Å². The molecule has 0 radical (unpaired) electrons. The average molecular weight is 376 g/mol. The molecule has 3 rings (SSSR count). The van der Waals surface area contributed by atoms with Gasteiger partial charge in [0.15, 0.2) is 11.5 Å². The summed E-state index contributed by atoms with van der Waals surface area (Å²) < 4.78 is 36.5. The largest absolute Gasteiger partial charge is 0.482 e. The lowest BCUT2D eigenvalue weighted by molar-refractivity contribution is -0.133. The van der Waals surface area contributed by atoms with Crippen molar-refractivity contribution in [1.82, 2.24) is 5.32 Å². The molecule has 7 nitrogen and oxygen atoms in total. The zero-order chi connectivity index (χ0) is 18.7. The van der Waals surface area contributed by atoms with Crippen LogP contribution < -0.4 is 19.5 Å². The van der Waals surface area contributed by atoms with Gasteiger partial charge < -0.3 is 14.8 Å². The Bertz CT molecular complexity index is 913. The molecular weight excluding hydrogens is 356 g/mol. The van der Waals surface area contributed by atoms with E-state index in [-0.39, 0.29) is 12.5 Å². The van der Waals surface area contributed by atoms with E-state index in [9.17, 15) is 13.2 Å². The number of para-hydroxylation sites is 2. The van der Waals surface area contributed by atoms with Crippen molar-refractivity contribution in [1.29, 1.82) is 0 Å². The first-order valence-electron chi connectivity index (χ1n) is 8.08. The van der Waals surface area contributed by atoms with Gasteiger partial charge in [-0.15, -0.1) is 0 Å². The van der Waals surface area contributed by atoms with Gasteiger partial charge in [-0.3, -0.25) is 9.52 Å². The minimum Gasteiger partial charge on any atom is -0.482 e. The maximum Gasteiger partial charge on any atom is 0.265 e. The molecule has 0 bridgehead atoms. The highest BCUT2D eigenvalue weighted by Gasteiger charge is 2.33. The molecule has 1 amide bonds. The summed E-state index contributed by atoms with van der Waals surface area (Å²) >= 11 is 0. The Labute approximate surface area is 152 Å². The Morgan fingerprint density at radius 3 is 2.46 bits per heavy atom. The van der Waals surface area contributed by atoms with Gasteiger partial charge in [0.25, 0.3) is 5.91 Å². The summed E-state index contributed by atoms with van der Waals surface area (Å²) in [6.07, 6.45) is -0.105. The number of fused-ring (bicyclic) bond motifs is 1. The molecule has 2 N–H and O–H groups in total. The van der Waals surface area contributed by atoms with Gasteiger partial charge in [-0.25, -0.2) is 8.42 Å². The summed E-state index contributed by atoms with van der Waals surface area (Å²) in [5, 5.41) is 2.80. The smallest absolute Gasteiger partial charge is 0.265 e. The summed E-state index contributed by atoms with van der Waals surface area (Å²) in [5.41, 5.74) is 1.20. The van der Waals surface area contributed by atoms with Crippen LogP contribution in [0.5, 0.6) is 11.5 Å². The van der Waals surface area contributed by atoms with Crippen LogP contribution in [0.3, 0.4) is 0 Å². The van der Waals surface area contributed by atoms with Crippen molar-refractivity contribution in [2.24, 2.45) is 0 Å². The molecule has 8 heteroatoms. The highest BCUT2D eigenvalue weighted by atomic mass is 32.2. The number of benzene rings is 2. The van der Waals surface area contributed by atoms with Crippen LogP contribution in [0, 0.1) is 0 Å². The number of carbonyl (C=O) groups is 1. The molecule has 0 aromatic heterocycles. The van der Waals surface area contributed by atoms with Gasteiger partial charge >= 0.3 is 0 Å². The normalized spacial score (nSPS) is 18.8. The minimum absolute atomic E-state index is 0.242. The molecule has 0 spiro atoms. The third-order valence-electron chi connectivity index (χ3n) is 3.80. The molecule has 2 aromatic rings. The summed E-state index contributed by atoms with van der Waals surface area (Å²) in [6, 6.07) is 14.0. The summed E-state index contributed by atoms with van der Waals surface area (Å²) in [5.74, 6) is 0.849. The molecule has 26 heavy (non-hydrogen) atoms. The van der Waals surface area contributed by atoms with Crippen molar-refractivity contribution in [3.63, 3.8) is 0 Å². The second-order valence-electron chi connectivity index (χ2n) is 6.10. The zero-order valence-corrected chi connectivity index (χ0v) is 15.2. The highest BCUT2D eigenvalue weighted by Crippen LogP contribution is 2.33. The predicted octanol–water partition coefficient (Wildman–Crippen LogP) is 1.90. The van der Waals surface area contributed by atoms with Crippen molar-refractivity contribution < 1.29 is 22.7 Å². The van der Waals surface area contributed by atoms with E-state index < -0.39 is 22.2 Å². The monoisotopic (exact) mass is 376 g/mol. The first kappa shape index (κ1) is 18.1. The van der Waals surface area contributed by atoms with E-state index in [1.807, 2.05) is 12.1 Å². The Morgan fingerprint density at radius 2 is 1.77 bits per heavy atom. The van der Waals surface area contributed by atoms with Crippen LogP contribution in [0.15, 0.2) is 48.5 Å². The molecular formula is C18H20N2O5S. The fraction of sp³-hybridized carbons (Fsp3) is 0.278. The average Bonchev–Trinajstić information content (AvgIpc) is 2.58. The molecule has 2 aromatic carbocycles. The molecule has 0 fully saturated rings. The van der Waals surface area contributed by atoms with E-state index in [1.54, 1.807) is 43.3 Å². The Balaban J connectivity index is 1.63. The van der Waals surface area contributed by atoms with Gasteiger partial charge in [0.2, 0.25) is 16.1 Å². The van der Waals surface area contributed by atoms with Crippen molar-refractivity contribution in [2.75, 3.05) is 11.0 Å². The van der Waals surface area contributed by atoms with E-state index in [0.29, 0.717) is 17.2 Å². The second-order valence-corrected chi connectivity index (χ2v) is 7.85. The molecule has 138 valence electrons. The van der Waals surface area contributed by atoms with E-state index in [0.717, 1.165) is 11.8 Å². The maximum absolute atomic E-state index is 12.5. The Morgan fingerprint density at radius 1 is 1.08 bits per heavy atom.